The molecule has 8 aromatic carbocycles. The molecule has 0 aromatic heterocycles. The maximum absolute atomic E-state index is 12.0. The van der Waals surface area contributed by atoms with Crippen LogP contribution in [0, 0.1) is 6.92 Å². The molecular weight excluding hydrogens is 853 g/mol. The Labute approximate surface area is 385 Å². The van der Waals surface area contributed by atoms with E-state index in [4.69, 9.17) is 32.7 Å². The summed E-state index contributed by atoms with van der Waals surface area (Å²) in [5, 5.41) is 8.78. The van der Waals surface area contributed by atoms with E-state index >= 15 is 0 Å². The van der Waals surface area contributed by atoms with Gasteiger partial charge in [-0.05, 0) is 72.3 Å². The highest BCUT2D eigenvalue weighted by atomic mass is 35.5. The van der Waals surface area contributed by atoms with Crippen LogP contribution in [0.4, 0.5) is 0 Å². The molecule has 0 saturated carbocycles. The first-order chi connectivity index (χ1) is 30.8. The van der Waals surface area contributed by atoms with E-state index in [2.05, 4.69) is 221 Å². The number of hydrogen-bond donors (Lipinski definition) is 0. The van der Waals surface area contributed by atoms with E-state index in [1.54, 1.807) is 12.1 Å². The highest BCUT2D eigenvalue weighted by Gasteiger charge is 2.19. The Kier molecular flexibility index (Phi) is 18.3. The van der Waals surface area contributed by atoms with Crippen molar-refractivity contribution in [1.29, 1.82) is 0 Å². The van der Waals surface area contributed by atoms with Gasteiger partial charge in [-0.3, -0.25) is 0 Å². The highest BCUT2D eigenvalue weighted by Crippen LogP contribution is 2.34. The van der Waals surface area contributed by atoms with Crippen LogP contribution in [0.15, 0.2) is 231 Å². The first-order valence-electron chi connectivity index (χ1n) is 20.7. The lowest BCUT2D eigenvalue weighted by Crippen LogP contribution is -2.20. The summed E-state index contributed by atoms with van der Waals surface area (Å²) >= 11 is 12.3. The Balaban J connectivity index is 0.000000159. The largest absolute Gasteiger partial charge is 0.493 e. The van der Waals surface area contributed by atoms with Crippen LogP contribution in [0.5, 0.6) is 5.75 Å². The molecule has 0 amide bonds. The topological polar surface area (TPSA) is 35.5 Å². The number of esters is 1. The van der Waals surface area contributed by atoms with Gasteiger partial charge in [-0.2, -0.15) is 0 Å². The molecule has 8 rings (SSSR count). The Morgan fingerprint density at radius 3 is 1.21 bits per heavy atom. The fourth-order valence-corrected chi connectivity index (χ4v) is 11.9. The van der Waals surface area contributed by atoms with Crippen molar-refractivity contribution in [3.8, 4) is 5.75 Å². The van der Waals surface area contributed by atoms with E-state index < -0.39 is 21.8 Å². The predicted molar refractivity (Wildman–Crippen MR) is 272 cm³/mol. The summed E-state index contributed by atoms with van der Waals surface area (Å²) in [4.78, 5) is 12.0. The lowest BCUT2D eigenvalue weighted by molar-refractivity contribution is 0.0550. The molecule has 7 heteroatoms. The molecule has 1 atom stereocenters. The average Bonchev–Trinajstić information content (AvgIpc) is 3.32. The fraction of sp³-hybridized carbons (Fsp3) is 0.0893. The van der Waals surface area contributed by atoms with Gasteiger partial charge in [0.05, 0.1) is 22.2 Å². The van der Waals surface area contributed by atoms with E-state index in [0.29, 0.717) is 12.4 Å². The molecule has 0 aliphatic heterocycles. The van der Waals surface area contributed by atoms with E-state index in [1.165, 1.54) is 49.0 Å². The molecule has 0 radical (unpaired) electrons. The zero-order valence-electron chi connectivity index (χ0n) is 35.4. The molecule has 316 valence electrons. The summed E-state index contributed by atoms with van der Waals surface area (Å²) in [6, 6.07) is 76.1. The van der Waals surface area contributed by atoms with Gasteiger partial charge in [-0.25, -0.2) is 4.79 Å². The summed E-state index contributed by atoms with van der Waals surface area (Å²) in [5.41, 5.74) is 2.53. The van der Waals surface area contributed by atoms with Crippen LogP contribution >= 0.6 is 39.0 Å². The van der Waals surface area contributed by atoms with Crippen LogP contribution in [-0.2, 0) is 4.74 Å². The molecule has 63 heavy (non-hydrogen) atoms. The van der Waals surface area contributed by atoms with Crippen molar-refractivity contribution in [3.05, 3.63) is 258 Å². The van der Waals surface area contributed by atoms with Gasteiger partial charge in [-0.15, -0.1) is 0 Å². The van der Waals surface area contributed by atoms with Crippen molar-refractivity contribution in [3.63, 3.8) is 0 Å². The van der Waals surface area contributed by atoms with Crippen LogP contribution in [0.2, 0.25) is 10.0 Å². The summed E-state index contributed by atoms with van der Waals surface area (Å²) < 4.78 is 10.8. The maximum Gasteiger partial charge on any atom is 0.341 e. The first kappa shape index (κ1) is 46.7. The SMILES string of the molecule is C=CCOC(=O)c1c(Cl)cc(OCC(C)c2cccc(C)c2)cc1Cl.c1ccc(P(c2ccccc2)c2ccccc2)cc1.c1ccc(P(c2ccccc2)c2ccccc2)cc1. The van der Waals surface area contributed by atoms with E-state index in [1.807, 2.05) is 6.07 Å². The van der Waals surface area contributed by atoms with Gasteiger partial charge in [0.25, 0.3) is 0 Å². The van der Waals surface area contributed by atoms with Gasteiger partial charge in [0.1, 0.15) is 12.4 Å². The molecule has 0 aliphatic carbocycles. The Hall–Kier alpha value is -5.79. The highest BCUT2D eigenvalue weighted by molar-refractivity contribution is 7.80. The lowest BCUT2D eigenvalue weighted by Gasteiger charge is -2.18. The first-order valence-corrected chi connectivity index (χ1v) is 24.1. The van der Waals surface area contributed by atoms with Crippen molar-refractivity contribution in [2.75, 3.05) is 13.2 Å². The quantitative estimate of drug-likeness (QED) is 0.0657. The second kappa shape index (κ2) is 24.7. The average molecular weight is 904 g/mol. The van der Waals surface area contributed by atoms with E-state index in [9.17, 15) is 4.79 Å². The third-order valence-electron chi connectivity index (χ3n) is 9.75. The minimum atomic E-state index is -0.588. The molecule has 0 spiro atoms. The van der Waals surface area contributed by atoms with Gasteiger partial charge in [0.15, 0.2) is 0 Å². The number of rotatable bonds is 13. The summed E-state index contributed by atoms with van der Waals surface area (Å²) in [5.74, 6) is 0.124. The smallest absolute Gasteiger partial charge is 0.341 e. The molecule has 0 fully saturated rings. The van der Waals surface area contributed by atoms with Crippen molar-refractivity contribution >= 4 is 76.8 Å². The zero-order chi connectivity index (χ0) is 44.2. The third-order valence-corrected chi connectivity index (χ3v) is 15.2. The normalized spacial score (nSPS) is 11.0. The van der Waals surface area contributed by atoms with Gasteiger partial charge < -0.3 is 9.47 Å². The molecule has 3 nitrogen and oxygen atoms in total. The number of ether oxygens (including phenoxy) is 2. The molecule has 0 N–H and O–H groups in total. The Morgan fingerprint density at radius 1 is 0.540 bits per heavy atom. The number of aryl methyl sites for hydroxylation is 1. The van der Waals surface area contributed by atoms with Gasteiger partial charge >= 0.3 is 5.97 Å². The lowest BCUT2D eigenvalue weighted by atomic mass is 10.0. The van der Waals surface area contributed by atoms with Crippen molar-refractivity contribution in [2.45, 2.75) is 19.8 Å². The van der Waals surface area contributed by atoms with Crippen LogP contribution < -0.4 is 36.6 Å². The molecular formula is C56H50Cl2O3P2. The summed E-state index contributed by atoms with van der Waals surface area (Å²) in [6.07, 6.45) is 1.48. The Bertz CT molecular complexity index is 2270. The summed E-state index contributed by atoms with van der Waals surface area (Å²) in [7, 11) is -0.892. The van der Waals surface area contributed by atoms with Crippen molar-refractivity contribution < 1.29 is 14.3 Å². The molecule has 0 aliphatic rings. The molecule has 8 aromatic rings. The maximum atomic E-state index is 12.0. The van der Waals surface area contributed by atoms with Crippen molar-refractivity contribution in [1.82, 2.24) is 0 Å². The second-order valence-electron chi connectivity index (χ2n) is 14.5. The van der Waals surface area contributed by atoms with Crippen LogP contribution in [0.1, 0.15) is 34.3 Å². The number of carbonyl (C=O) groups is 1. The standard InChI is InChI=1S/C20H20Cl2O3.2C18H15P/c1-4-8-24-20(23)19-17(21)10-16(11-18(19)22)25-12-14(3)15-7-5-6-13(2)9-15;2*1-4-10-16(11-5-1)19(17-12-6-2-7-13-17)18-14-8-3-9-15-18/h4-7,9-11,14H,1,8,12H2,2-3H3;2*1-15H. The van der Waals surface area contributed by atoms with Crippen LogP contribution in [0.3, 0.4) is 0 Å². The predicted octanol–water partition coefficient (Wildman–Crippen LogP) is 12.7. The third kappa shape index (κ3) is 13.8. The van der Waals surface area contributed by atoms with Crippen LogP contribution in [0.25, 0.3) is 0 Å². The summed E-state index contributed by atoms with van der Waals surface area (Å²) in [6.45, 7) is 8.20. The number of halogens is 2. The molecule has 0 bridgehead atoms. The van der Waals surface area contributed by atoms with Gasteiger partial charge in [0.2, 0.25) is 0 Å². The molecule has 1 unspecified atom stereocenters. The van der Waals surface area contributed by atoms with Crippen molar-refractivity contribution in [2.24, 2.45) is 0 Å². The number of hydrogen-bond acceptors (Lipinski definition) is 3. The van der Waals surface area contributed by atoms with E-state index in [-0.39, 0.29) is 28.1 Å². The number of carbonyl (C=O) groups excluding carboxylic acids is 1. The monoisotopic (exact) mass is 902 g/mol. The molecule has 0 heterocycles. The molecule has 0 saturated heterocycles. The zero-order valence-corrected chi connectivity index (χ0v) is 38.7. The fourth-order valence-electron chi connectivity index (χ4n) is 6.69. The van der Waals surface area contributed by atoms with Gasteiger partial charge in [0, 0.05) is 5.92 Å². The van der Waals surface area contributed by atoms with E-state index in [0.717, 1.165) is 0 Å². The minimum Gasteiger partial charge on any atom is -0.493 e. The van der Waals surface area contributed by atoms with Crippen LogP contribution in [-0.4, -0.2) is 19.2 Å². The number of benzene rings is 8. The Morgan fingerprint density at radius 2 is 0.889 bits per heavy atom. The minimum absolute atomic E-state index is 0.0950. The van der Waals surface area contributed by atoms with Gasteiger partial charge in [-0.1, -0.05) is 255 Å². The second-order valence-corrected chi connectivity index (χ2v) is 19.7.